The zero-order chi connectivity index (χ0) is 16.4. The van der Waals surface area contributed by atoms with Crippen molar-refractivity contribution in [2.45, 2.75) is 26.8 Å². The average Bonchev–Trinajstić information content (AvgIpc) is 3.16. The number of hydrogen-bond donors (Lipinski definition) is 1. The Bertz CT molecular complexity index is 817. The largest absolute Gasteiger partial charge is 0.305 e. The number of benzene rings is 1. The Labute approximate surface area is 139 Å². The predicted octanol–water partition coefficient (Wildman–Crippen LogP) is 4.15. The fraction of sp³-hybridized carbons (Fsp3) is 0.235. The zero-order valence-electron chi connectivity index (χ0n) is 13.3. The van der Waals surface area contributed by atoms with Crippen LogP contribution in [0.1, 0.15) is 35.9 Å². The Balaban J connectivity index is 1.78. The summed E-state index contributed by atoms with van der Waals surface area (Å²) in [5.41, 5.74) is 2.64. The second-order valence-corrected chi connectivity index (χ2v) is 6.47. The number of aryl methyl sites for hydroxylation is 1. The van der Waals surface area contributed by atoms with Gasteiger partial charge in [-0.05, 0) is 20.8 Å². The molecular weight excluding hydrogens is 308 g/mol. The fourth-order valence-electron chi connectivity index (χ4n) is 2.21. The van der Waals surface area contributed by atoms with Crippen molar-refractivity contribution in [3.05, 3.63) is 53.2 Å². The molecule has 23 heavy (non-hydrogen) atoms. The van der Waals surface area contributed by atoms with Gasteiger partial charge in [-0.15, -0.1) is 11.3 Å². The summed E-state index contributed by atoms with van der Waals surface area (Å²) in [6.07, 6.45) is 1.67. The van der Waals surface area contributed by atoms with E-state index in [0.29, 0.717) is 11.5 Å². The first-order chi connectivity index (χ1) is 11.0. The van der Waals surface area contributed by atoms with Gasteiger partial charge in [0.15, 0.2) is 0 Å². The van der Waals surface area contributed by atoms with Crippen molar-refractivity contribution in [3.63, 3.8) is 0 Å². The number of nitrogens with one attached hydrogen (secondary N) is 1. The number of carbonyl (C=O) groups excluding carboxylic acids is 1. The van der Waals surface area contributed by atoms with Crippen molar-refractivity contribution in [1.29, 1.82) is 0 Å². The number of carbonyl (C=O) groups is 1. The van der Waals surface area contributed by atoms with Crippen molar-refractivity contribution >= 4 is 23.1 Å². The van der Waals surface area contributed by atoms with E-state index in [-0.39, 0.29) is 11.9 Å². The van der Waals surface area contributed by atoms with E-state index in [1.165, 1.54) is 16.9 Å². The monoisotopic (exact) mass is 326 g/mol. The molecule has 0 aliphatic rings. The van der Waals surface area contributed by atoms with Gasteiger partial charge in [0.2, 0.25) is 0 Å². The van der Waals surface area contributed by atoms with Gasteiger partial charge >= 0.3 is 0 Å². The molecule has 0 radical (unpaired) electrons. The van der Waals surface area contributed by atoms with Gasteiger partial charge in [-0.25, -0.2) is 9.67 Å². The third kappa shape index (κ3) is 3.32. The molecule has 0 aliphatic heterocycles. The molecule has 0 atom stereocenters. The molecule has 0 fully saturated rings. The number of rotatable bonds is 4. The van der Waals surface area contributed by atoms with Gasteiger partial charge in [-0.1, -0.05) is 29.8 Å². The third-order valence-corrected chi connectivity index (χ3v) is 4.33. The molecule has 1 amide bonds. The van der Waals surface area contributed by atoms with Crippen LogP contribution in [0, 0.1) is 6.92 Å². The number of thiazole rings is 1. The maximum Gasteiger partial charge on any atom is 0.276 e. The smallest absolute Gasteiger partial charge is 0.276 e. The van der Waals surface area contributed by atoms with Crippen LogP contribution >= 0.6 is 11.3 Å². The topological polar surface area (TPSA) is 59.8 Å². The van der Waals surface area contributed by atoms with Crippen LogP contribution in [0.4, 0.5) is 5.82 Å². The lowest BCUT2D eigenvalue weighted by Crippen LogP contribution is -2.17. The summed E-state index contributed by atoms with van der Waals surface area (Å²) in [7, 11) is 0. The molecule has 3 aromatic rings. The first-order valence-corrected chi connectivity index (χ1v) is 8.30. The molecule has 3 rings (SSSR count). The SMILES string of the molecule is Cc1ccc(-c2nc(C(=O)Nc3ccnn3C(C)C)cs2)cc1. The average molecular weight is 326 g/mol. The Kier molecular flexibility index (Phi) is 4.25. The van der Waals surface area contributed by atoms with Crippen LogP contribution in [0.2, 0.25) is 0 Å². The van der Waals surface area contributed by atoms with Gasteiger partial charge in [-0.3, -0.25) is 4.79 Å². The van der Waals surface area contributed by atoms with E-state index in [0.717, 1.165) is 10.6 Å². The second kappa shape index (κ2) is 6.34. The molecule has 0 saturated heterocycles. The van der Waals surface area contributed by atoms with E-state index in [2.05, 4.69) is 15.4 Å². The van der Waals surface area contributed by atoms with E-state index < -0.39 is 0 Å². The summed E-state index contributed by atoms with van der Waals surface area (Å²) >= 11 is 1.47. The summed E-state index contributed by atoms with van der Waals surface area (Å²) in [4.78, 5) is 16.8. The van der Waals surface area contributed by atoms with E-state index in [9.17, 15) is 4.79 Å². The molecule has 6 heteroatoms. The molecule has 0 unspecified atom stereocenters. The number of aromatic nitrogens is 3. The van der Waals surface area contributed by atoms with Crippen LogP contribution in [0.15, 0.2) is 41.9 Å². The molecule has 0 spiro atoms. The number of anilines is 1. The molecule has 2 heterocycles. The van der Waals surface area contributed by atoms with Crippen molar-refractivity contribution in [2.75, 3.05) is 5.32 Å². The molecule has 118 valence electrons. The molecule has 2 aromatic heterocycles. The Morgan fingerprint density at radius 1 is 1.22 bits per heavy atom. The van der Waals surface area contributed by atoms with E-state index in [4.69, 9.17) is 0 Å². The summed E-state index contributed by atoms with van der Waals surface area (Å²) < 4.78 is 1.77. The summed E-state index contributed by atoms with van der Waals surface area (Å²) in [5, 5.41) is 9.69. The Morgan fingerprint density at radius 2 is 1.96 bits per heavy atom. The minimum atomic E-state index is -0.220. The van der Waals surface area contributed by atoms with E-state index >= 15 is 0 Å². The van der Waals surface area contributed by atoms with Crippen molar-refractivity contribution < 1.29 is 4.79 Å². The number of amides is 1. The quantitative estimate of drug-likeness (QED) is 0.783. The summed E-state index contributed by atoms with van der Waals surface area (Å²) in [5.74, 6) is 0.455. The normalized spacial score (nSPS) is 11.0. The second-order valence-electron chi connectivity index (χ2n) is 5.61. The number of hydrogen-bond acceptors (Lipinski definition) is 4. The van der Waals surface area contributed by atoms with Gasteiger partial charge in [0.05, 0.1) is 6.20 Å². The molecule has 1 N–H and O–H groups in total. The van der Waals surface area contributed by atoms with Crippen LogP contribution in [-0.2, 0) is 0 Å². The van der Waals surface area contributed by atoms with Crippen LogP contribution in [0.5, 0.6) is 0 Å². The Morgan fingerprint density at radius 3 is 2.65 bits per heavy atom. The van der Waals surface area contributed by atoms with E-state index in [1.54, 1.807) is 22.3 Å². The first-order valence-electron chi connectivity index (χ1n) is 7.42. The van der Waals surface area contributed by atoms with Gasteiger partial charge in [-0.2, -0.15) is 5.10 Å². The highest BCUT2D eigenvalue weighted by Crippen LogP contribution is 2.24. The standard InChI is InChI=1S/C17H18N4OS/c1-11(2)21-15(8-9-18-21)20-16(22)14-10-23-17(19-14)13-6-4-12(3)5-7-13/h4-11H,1-3H3,(H,20,22). The first kappa shape index (κ1) is 15.4. The summed E-state index contributed by atoms with van der Waals surface area (Å²) in [6.45, 7) is 6.07. The van der Waals surface area contributed by atoms with Gasteiger partial charge in [0.1, 0.15) is 16.5 Å². The van der Waals surface area contributed by atoms with E-state index in [1.807, 2.05) is 45.0 Å². The van der Waals surface area contributed by atoms with Crippen molar-refractivity contribution in [2.24, 2.45) is 0 Å². The van der Waals surface area contributed by atoms with Gasteiger partial charge in [0.25, 0.3) is 5.91 Å². The highest BCUT2D eigenvalue weighted by atomic mass is 32.1. The van der Waals surface area contributed by atoms with Crippen molar-refractivity contribution in [1.82, 2.24) is 14.8 Å². The highest BCUT2D eigenvalue weighted by molar-refractivity contribution is 7.13. The van der Waals surface area contributed by atoms with Gasteiger partial charge < -0.3 is 5.32 Å². The van der Waals surface area contributed by atoms with Crippen LogP contribution in [-0.4, -0.2) is 20.7 Å². The van der Waals surface area contributed by atoms with Gasteiger partial charge in [0, 0.05) is 23.1 Å². The molecule has 0 saturated carbocycles. The summed E-state index contributed by atoms with van der Waals surface area (Å²) in [6, 6.07) is 10.1. The van der Waals surface area contributed by atoms with Crippen LogP contribution in [0.3, 0.4) is 0 Å². The highest BCUT2D eigenvalue weighted by Gasteiger charge is 2.15. The maximum absolute atomic E-state index is 12.4. The maximum atomic E-state index is 12.4. The van der Waals surface area contributed by atoms with Crippen molar-refractivity contribution in [3.8, 4) is 10.6 Å². The zero-order valence-corrected chi connectivity index (χ0v) is 14.1. The lowest BCUT2D eigenvalue weighted by Gasteiger charge is -2.10. The minimum Gasteiger partial charge on any atom is -0.305 e. The predicted molar refractivity (Wildman–Crippen MR) is 92.9 cm³/mol. The number of nitrogens with zero attached hydrogens (tertiary/aromatic N) is 3. The molecular formula is C17H18N4OS. The van der Waals surface area contributed by atoms with Crippen LogP contribution in [0.25, 0.3) is 10.6 Å². The lowest BCUT2D eigenvalue weighted by molar-refractivity contribution is 0.102. The third-order valence-electron chi connectivity index (χ3n) is 3.44. The molecule has 0 bridgehead atoms. The molecule has 1 aromatic carbocycles. The molecule has 0 aliphatic carbocycles. The Hall–Kier alpha value is -2.47. The molecule has 5 nitrogen and oxygen atoms in total. The lowest BCUT2D eigenvalue weighted by atomic mass is 10.2. The van der Waals surface area contributed by atoms with Crippen LogP contribution < -0.4 is 5.32 Å². The minimum absolute atomic E-state index is 0.179. The fourth-order valence-corrected chi connectivity index (χ4v) is 3.02.